The minimum atomic E-state index is -0.141. The third-order valence-electron chi connectivity index (χ3n) is 4.66. The highest BCUT2D eigenvalue weighted by molar-refractivity contribution is 8.01. The zero-order valence-corrected chi connectivity index (χ0v) is 18.5. The maximum Gasteiger partial charge on any atom is 0.234 e. The van der Waals surface area contributed by atoms with E-state index in [2.05, 4.69) is 20.9 Å². The summed E-state index contributed by atoms with van der Waals surface area (Å²) >= 11 is 2.79. The third-order valence-corrected chi connectivity index (χ3v) is 6.73. The lowest BCUT2D eigenvalue weighted by Gasteiger charge is -2.22. The van der Waals surface area contributed by atoms with Gasteiger partial charge in [-0.25, -0.2) is 4.98 Å². The highest BCUT2D eigenvalue weighted by Gasteiger charge is 2.17. The summed E-state index contributed by atoms with van der Waals surface area (Å²) in [7, 11) is 0. The van der Waals surface area contributed by atoms with Gasteiger partial charge in [-0.15, -0.1) is 11.3 Å². The van der Waals surface area contributed by atoms with Crippen molar-refractivity contribution >= 4 is 52.2 Å². The van der Waals surface area contributed by atoms with E-state index in [-0.39, 0.29) is 29.9 Å². The number of carbonyl (C=O) groups is 3. The van der Waals surface area contributed by atoms with Gasteiger partial charge in [0.2, 0.25) is 17.7 Å². The topological polar surface area (TPSA) is 100 Å². The molecule has 1 saturated carbocycles. The van der Waals surface area contributed by atoms with Crippen LogP contribution in [0.5, 0.6) is 0 Å². The Morgan fingerprint density at radius 3 is 2.37 bits per heavy atom. The summed E-state index contributed by atoms with van der Waals surface area (Å²) in [5, 5.41) is 10.5. The fourth-order valence-electron chi connectivity index (χ4n) is 3.29. The van der Waals surface area contributed by atoms with Crippen molar-refractivity contribution in [1.29, 1.82) is 0 Å². The second kappa shape index (κ2) is 11.1. The number of nitrogens with one attached hydrogen (secondary N) is 3. The maximum atomic E-state index is 12.2. The molecule has 1 aromatic carbocycles. The second-order valence-electron chi connectivity index (χ2n) is 7.28. The van der Waals surface area contributed by atoms with Crippen molar-refractivity contribution in [2.24, 2.45) is 0 Å². The minimum absolute atomic E-state index is 0.0178. The molecule has 3 rings (SSSR count). The molecule has 9 heteroatoms. The SMILES string of the molecule is CC(=O)Nc1ccc(NC(=O)CSc2nc(CC(=O)NC3CCCCC3)cs2)cc1. The largest absolute Gasteiger partial charge is 0.353 e. The normalized spacial score (nSPS) is 14.2. The molecule has 0 unspecified atom stereocenters. The maximum absolute atomic E-state index is 12.2. The van der Waals surface area contributed by atoms with Crippen LogP contribution < -0.4 is 16.0 Å². The number of hydrogen-bond donors (Lipinski definition) is 3. The van der Waals surface area contributed by atoms with Gasteiger partial charge in [-0.05, 0) is 37.1 Å². The van der Waals surface area contributed by atoms with E-state index >= 15 is 0 Å². The Morgan fingerprint density at radius 1 is 1.03 bits per heavy atom. The first-order chi connectivity index (χ1) is 14.5. The van der Waals surface area contributed by atoms with Gasteiger partial charge in [-0.3, -0.25) is 14.4 Å². The molecule has 2 aromatic rings. The van der Waals surface area contributed by atoms with Gasteiger partial charge in [-0.2, -0.15) is 0 Å². The molecule has 0 spiro atoms. The second-order valence-corrected chi connectivity index (χ2v) is 9.36. The Labute approximate surface area is 184 Å². The molecule has 3 N–H and O–H groups in total. The molecule has 160 valence electrons. The van der Waals surface area contributed by atoms with Crippen LogP contribution in [0.4, 0.5) is 11.4 Å². The summed E-state index contributed by atoms with van der Waals surface area (Å²) in [6.45, 7) is 1.44. The number of aromatic nitrogens is 1. The molecule has 0 bridgehead atoms. The zero-order valence-electron chi connectivity index (χ0n) is 16.9. The van der Waals surface area contributed by atoms with Crippen LogP contribution >= 0.6 is 23.1 Å². The Kier molecular flexibility index (Phi) is 8.27. The average molecular weight is 447 g/mol. The summed E-state index contributed by atoms with van der Waals surface area (Å²) in [5.41, 5.74) is 2.08. The summed E-state index contributed by atoms with van der Waals surface area (Å²) in [6, 6.07) is 7.24. The molecule has 1 heterocycles. The number of carbonyl (C=O) groups excluding carboxylic acids is 3. The van der Waals surface area contributed by atoms with Gasteiger partial charge in [0.1, 0.15) is 0 Å². The number of nitrogens with zero attached hydrogens (tertiary/aromatic N) is 1. The summed E-state index contributed by atoms with van der Waals surface area (Å²) in [5.74, 6) is -0.0324. The van der Waals surface area contributed by atoms with Crippen LogP contribution in [-0.2, 0) is 20.8 Å². The van der Waals surface area contributed by atoms with Crippen molar-refractivity contribution in [3.63, 3.8) is 0 Å². The van der Waals surface area contributed by atoms with Crippen molar-refractivity contribution < 1.29 is 14.4 Å². The summed E-state index contributed by atoms with van der Waals surface area (Å²) < 4.78 is 0.770. The van der Waals surface area contributed by atoms with Crippen LogP contribution in [0.15, 0.2) is 34.0 Å². The van der Waals surface area contributed by atoms with Gasteiger partial charge >= 0.3 is 0 Å². The molecule has 1 aromatic heterocycles. The predicted octanol–water partition coefficient (Wildman–Crippen LogP) is 3.82. The van der Waals surface area contributed by atoms with Crippen LogP contribution in [0.3, 0.4) is 0 Å². The first-order valence-electron chi connectivity index (χ1n) is 10.0. The molecule has 7 nitrogen and oxygen atoms in total. The highest BCUT2D eigenvalue weighted by atomic mass is 32.2. The van der Waals surface area contributed by atoms with Crippen LogP contribution in [0.25, 0.3) is 0 Å². The highest BCUT2D eigenvalue weighted by Crippen LogP contribution is 2.24. The van der Waals surface area contributed by atoms with E-state index in [0.29, 0.717) is 17.4 Å². The molecule has 1 fully saturated rings. The molecular weight excluding hydrogens is 420 g/mol. The molecule has 3 amide bonds. The average Bonchev–Trinajstić information content (AvgIpc) is 3.15. The standard InChI is InChI=1S/C21H26N4O3S2/c1-14(26)22-16-7-9-17(10-8-16)24-20(28)13-30-21-25-18(12-29-21)11-19(27)23-15-5-3-2-4-6-15/h7-10,12,15H,2-6,11,13H2,1H3,(H,22,26)(H,23,27)(H,24,28). The first kappa shape index (κ1) is 22.3. The van der Waals surface area contributed by atoms with Crippen molar-refractivity contribution in [1.82, 2.24) is 10.3 Å². The van der Waals surface area contributed by atoms with E-state index < -0.39 is 0 Å². The van der Waals surface area contributed by atoms with Crippen LogP contribution in [0.1, 0.15) is 44.7 Å². The van der Waals surface area contributed by atoms with Gasteiger partial charge in [0, 0.05) is 29.7 Å². The van der Waals surface area contributed by atoms with Gasteiger partial charge in [0.25, 0.3) is 0 Å². The molecule has 30 heavy (non-hydrogen) atoms. The quantitative estimate of drug-likeness (QED) is 0.535. The summed E-state index contributed by atoms with van der Waals surface area (Å²) in [4.78, 5) is 39.9. The number of anilines is 2. The van der Waals surface area contributed by atoms with Crippen molar-refractivity contribution in [2.75, 3.05) is 16.4 Å². The van der Waals surface area contributed by atoms with Crippen LogP contribution in [0.2, 0.25) is 0 Å². The summed E-state index contributed by atoms with van der Waals surface area (Å²) in [6.07, 6.45) is 6.03. The molecule has 0 saturated heterocycles. The number of thiazole rings is 1. The molecular formula is C21H26N4O3S2. The van der Waals surface area contributed by atoms with E-state index in [0.717, 1.165) is 22.9 Å². The third kappa shape index (κ3) is 7.46. The molecule has 0 radical (unpaired) electrons. The Balaban J connectivity index is 1.40. The van der Waals surface area contributed by atoms with Crippen molar-refractivity contribution in [3.8, 4) is 0 Å². The molecule has 1 aliphatic rings. The van der Waals surface area contributed by atoms with Crippen molar-refractivity contribution in [3.05, 3.63) is 35.3 Å². The van der Waals surface area contributed by atoms with E-state index in [1.165, 1.54) is 49.3 Å². The lowest BCUT2D eigenvalue weighted by atomic mass is 9.95. The van der Waals surface area contributed by atoms with E-state index in [1.54, 1.807) is 24.3 Å². The zero-order chi connectivity index (χ0) is 21.3. The van der Waals surface area contributed by atoms with Crippen molar-refractivity contribution in [2.45, 2.75) is 55.8 Å². The predicted molar refractivity (Wildman–Crippen MR) is 121 cm³/mol. The van der Waals surface area contributed by atoms with E-state index in [9.17, 15) is 14.4 Å². The van der Waals surface area contributed by atoms with Gasteiger partial charge < -0.3 is 16.0 Å². The fraction of sp³-hybridized carbons (Fsp3) is 0.429. The smallest absolute Gasteiger partial charge is 0.234 e. The lowest BCUT2D eigenvalue weighted by molar-refractivity contribution is -0.121. The van der Waals surface area contributed by atoms with E-state index in [1.807, 2.05) is 5.38 Å². The van der Waals surface area contributed by atoms with Gasteiger partial charge in [0.05, 0.1) is 17.9 Å². The first-order valence-corrected chi connectivity index (χ1v) is 11.9. The van der Waals surface area contributed by atoms with Crippen LogP contribution in [0, 0.1) is 0 Å². The Morgan fingerprint density at radius 2 is 1.70 bits per heavy atom. The number of benzene rings is 1. The molecule has 0 aliphatic heterocycles. The fourth-order valence-corrected chi connectivity index (χ4v) is 4.94. The van der Waals surface area contributed by atoms with Gasteiger partial charge in [-0.1, -0.05) is 31.0 Å². The van der Waals surface area contributed by atoms with E-state index in [4.69, 9.17) is 0 Å². The minimum Gasteiger partial charge on any atom is -0.353 e. The molecule has 1 aliphatic carbocycles. The Bertz CT molecular complexity index is 877. The molecule has 0 atom stereocenters. The number of thioether (sulfide) groups is 1. The Hall–Kier alpha value is -2.39. The monoisotopic (exact) mass is 446 g/mol. The number of rotatable bonds is 8. The number of amides is 3. The van der Waals surface area contributed by atoms with Gasteiger partial charge in [0.15, 0.2) is 4.34 Å². The van der Waals surface area contributed by atoms with Crippen LogP contribution in [-0.4, -0.2) is 34.5 Å². The number of hydrogen-bond acceptors (Lipinski definition) is 6. The lowest BCUT2D eigenvalue weighted by Crippen LogP contribution is -2.37.